The number of aryl methyl sites for hydroxylation is 2. The number of nitrogens with one attached hydrogen (secondary N) is 1. The number of carbonyl (C=O) groups is 1. The maximum absolute atomic E-state index is 12.3. The first-order valence-electron chi connectivity index (χ1n) is 7.78. The van der Waals surface area contributed by atoms with E-state index in [4.69, 9.17) is 11.6 Å². The van der Waals surface area contributed by atoms with E-state index < -0.39 is 0 Å². The van der Waals surface area contributed by atoms with Crippen molar-refractivity contribution in [3.63, 3.8) is 0 Å². The monoisotopic (exact) mass is 311 g/mol. The van der Waals surface area contributed by atoms with Crippen molar-refractivity contribution in [2.45, 2.75) is 56.7 Å². The minimum absolute atomic E-state index is 0.0961. The molecule has 2 aliphatic rings. The molecule has 0 saturated heterocycles. The predicted octanol–water partition coefficient (Wildman–Crippen LogP) is 4.15. The Labute approximate surface area is 129 Å². The lowest BCUT2D eigenvalue weighted by Crippen LogP contribution is -2.34. The lowest BCUT2D eigenvalue weighted by atomic mass is 9.89. The molecule has 0 aliphatic heterocycles. The molecular formula is C16H22ClNOS. The van der Waals surface area contributed by atoms with Gasteiger partial charge in [0.15, 0.2) is 0 Å². The smallest absolute Gasteiger partial charge is 0.261 e. The van der Waals surface area contributed by atoms with Gasteiger partial charge >= 0.3 is 0 Å². The highest BCUT2D eigenvalue weighted by Crippen LogP contribution is 2.30. The van der Waals surface area contributed by atoms with Crippen LogP contribution in [0.15, 0.2) is 6.07 Å². The standard InChI is InChI=1S/C16H22ClNOS/c17-13-7-3-1-6-12(13)10-18-16(19)15-9-11-5-2-4-8-14(11)20-15/h9,12-13H,1-8,10H2,(H,18,19). The van der Waals surface area contributed by atoms with E-state index in [1.165, 1.54) is 36.1 Å². The lowest BCUT2D eigenvalue weighted by molar-refractivity contribution is 0.0948. The summed E-state index contributed by atoms with van der Waals surface area (Å²) in [6, 6.07) is 2.10. The highest BCUT2D eigenvalue weighted by Gasteiger charge is 2.24. The van der Waals surface area contributed by atoms with Gasteiger partial charge in [-0.05, 0) is 56.1 Å². The minimum Gasteiger partial charge on any atom is -0.351 e. The van der Waals surface area contributed by atoms with E-state index in [1.54, 1.807) is 11.3 Å². The Morgan fingerprint density at radius 1 is 1.25 bits per heavy atom. The molecule has 0 bridgehead atoms. The molecule has 110 valence electrons. The molecule has 1 fully saturated rings. The number of thiophene rings is 1. The average Bonchev–Trinajstić information content (AvgIpc) is 2.90. The second-order valence-corrected chi connectivity index (χ2v) is 7.73. The molecule has 2 aliphatic carbocycles. The van der Waals surface area contributed by atoms with E-state index in [9.17, 15) is 4.79 Å². The number of hydrogen-bond donors (Lipinski definition) is 1. The number of amides is 1. The van der Waals surface area contributed by atoms with E-state index in [0.717, 1.165) is 37.1 Å². The summed E-state index contributed by atoms with van der Waals surface area (Å²) in [5, 5.41) is 3.33. The number of alkyl halides is 1. The Balaban J connectivity index is 1.57. The molecule has 20 heavy (non-hydrogen) atoms. The molecule has 0 spiro atoms. The molecule has 2 nitrogen and oxygen atoms in total. The van der Waals surface area contributed by atoms with E-state index in [2.05, 4.69) is 11.4 Å². The topological polar surface area (TPSA) is 29.1 Å². The first kappa shape index (κ1) is 14.4. The molecule has 2 unspecified atom stereocenters. The molecule has 4 heteroatoms. The van der Waals surface area contributed by atoms with Crippen LogP contribution in [0.1, 0.15) is 58.6 Å². The van der Waals surface area contributed by atoms with Crippen LogP contribution in [0.3, 0.4) is 0 Å². The quantitative estimate of drug-likeness (QED) is 0.835. The van der Waals surface area contributed by atoms with E-state index in [1.807, 2.05) is 0 Å². The van der Waals surface area contributed by atoms with E-state index in [-0.39, 0.29) is 11.3 Å². The van der Waals surface area contributed by atoms with Crippen LogP contribution in [0, 0.1) is 5.92 Å². The summed E-state index contributed by atoms with van der Waals surface area (Å²) in [4.78, 5) is 14.6. The largest absolute Gasteiger partial charge is 0.351 e. The molecule has 1 aromatic heterocycles. The predicted molar refractivity (Wildman–Crippen MR) is 84.9 cm³/mol. The third-order valence-corrected chi connectivity index (χ3v) is 6.37. The zero-order valence-electron chi connectivity index (χ0n) is 11.8. The zero-order chi connectivity index (χ0) is 13.9. The van der Waals surface area contributed by atoms with Crippen LogP contribution >= 0.6 is 22.9 Å². The summed E-state index contributed by atoms with van der Waals surface area (Å²) in [5.74, 6) is 0.544. The normalized spacial score (nSPS) is 26.1. The average molecular weight is 312 g/mol. The Hall–Kier alpha value is -0.540. The molecular weight excluding hydrogens is 290 g/mol. The van der Waals surface area contributed by atoms with Gasteiger partial charge in [0, 0.05) is 16.8 Å². The second kappa shape index (κ2) is 6.48. The van der Waals surface area contributed by atoms with Gasteiger partial charge in [0.2, 0.25) is 0 Å². The molecule has 2 atom stereocenters. The van der Waals surface area contributed by atoms with Crippen molar-refractivity contribution >= 4 is 28.8 Å². The molecule has 1 saturated carbocycles. The summed E-state index contributed by atoms with van der Waals surface area (Å²) >= 11 is 8.03. The summed E-state index contributed by atoms with van der Waals surface area (Å²) in [7, 11) is 0. The molecule has 0 aromatic carbocycles. The second-order valence-electron chi connectivity index (χ2n) is 6.04. The number of fused-ring (bicyclic) bond motifs is 1. The van der Waals surface area contributed by atoms with Crippen LogP contribution < -0.4 is 5.32 Å². The Kier molecular flexibility index (Phi) is 4.67. The fourth-order valence-electron chi connectivity index (χ4n) is 3.31. The fraction of sp³-hybridized carbons (Fsp3) is 0.688. The van der Waals surface area contributed by atoms with Gasteiger partial charge in [0.25, 0.3) is 5.91 Å². The van der Waals surface area contributed by atoms with Crippen LogP contribution in [-0.4, -0.2) is 17.8 Å². The third-order valence-electron chi connectivity index (χ3n) is 4.56. The molecule has 1 N–H and O–H groups in total. The maximum Gasteiger partial charge on any atom is 0.261 e. The van der Waals surface area contributed by atoms with Crippen molar-refractivity contribution in [3.8, 4) is 0 Å². The molecule has 1 heterocycles. The van der Waals surface area contributed by atoms with Crippen molar-refractivity contribution in [1.29, 1.82) is 0 Å². The fourth-order valence-corrected chi connectivity index (χ4v) is 4.85. The van der Waals surface area contributed by atoms with Crippen molar-refractivity contribution < 1.29 is 4.79 Å². The van der Waals surface area contributed by atoms with Crippen molar-refractivity contribution in [2.75, 3.05) is 6.54 Å². The summed E-state index contributed by atoms with van der Waals surface area (Å²) in [5.41, 5.74) is 1.40. The first-order chi connectivity index (χ1) is 9.74. The van der Waals surface area contributed by atoms with Gasteiger partial charge in [-0.25, -0.2) is 0 Å². The number of carbonyl (C=O) groups excluding carboxylic acids is 1. The number of rotatable bonds is 3. The first-order valence-corrected chi connectivity index (χ1v) is 9.03. The van der Waals surface area contributed by atoms with Crippen LogP contribution in [0.2, 0.25) is 0 Å². The zero-order valence-corrected chi connectivity index (χ0v) is 13.4. The summed E-state index contributed by atoms with van der Waals surface area (Å²) < 4.78 is 0. The highest BCUT2D eigenvalue weighted by molar-refractivity contribution is 7.14. The summed E-state index contributed by atoms with van der Waals surface area (Å²) in [6.07, 6.45) is 9.55. The Morgan fingerprint density at radius 2 is 2.05 bits per heavy atom. The van der Waals surface area contributed by atoms with Crippen LogP contribution in [0.25, 0.3) is 0 Å². The van der Waals surface area contributed by atoms with E-state index >= 15 is 0 Å². The minimum atomic E-state index is 0.0961. The van der Waals surface area contributed by atoms with Crippen LogP contribution in [0.5, 0.6) is 0 Å². The van der Waals surface area contributed by atoms with Crippen LogP contribution in [0.4, 0.5) is 0 Å². The lowest BCUT2D eigenvalue weighted by Gasteiger charge is -2.26. The van der Waals surface area contributed by atoms with Gasteiger partial charge in [-0.1, -0.05) is 12.8 Å². The van der Waals surface area contributed by atoms with Crippen LogP contribution in [-0.2, 0) is 12.8 Å². The number of hydrogen-bond acceptors (Lipinski definition) is 2. The van der Waals surface area contributed by atoms with Gasteiger partial charge in [-0.3, -0.25) is 4.79 Å². The molecule has 1 amide bonds. The number of halogens is 1. The van der Waals surface area contributed by atoms with Crippen molar-refractivity contribution in [1.82, 2.24) is 5.32 Å². The maximum atomic E-state index is 12.3. The third kappa shape index (κ3) is 3.20. The SMILES string of the molecule is O=C(NCC1CCCCC1Cl)c1cc2c(s1)CCCC2. The Bertz CT molecular complexity index is 461. The highest BCUT2D eigenvalue weighted by atomic mass is 35.5. The Morgan fingerprint density at radius 3 is 2.85 bits per heavy atom. The van der Waals surface area contributed by atoms with Gasteiger partial charge in [0.1, 0.15) is 0 Å². The van der Waals surface area contributed by atoms with Gasteiger partial charge < -0.3 is 5.32 Å². The van der Waals surface area contributed by atoms with Crippen molar-refractivity contribution in [2.24, 2.45) is 5.92 Å². The van der Waals surface area contributed by atoms with Gasteiger partial charge in [0.05, 0.1) is 4.88 Å². The molecule has 0 radical (unpaired) electrons. The molecule has 3 rings (SSSR count). The summed E-state index contributed by atoms with van der Waals surface area (Å²) in [6.45, 7) is 0.732. The van der Waals surface area contributed by atoms with Crippen molar-refractivity contribution in [3.05, 3.63) is 21.4 Å². The van der Waals surface area contributed by atoms with Gasteiger partial charge in [-0.2, -0.15) is 0 Å². The van der Waals surface area contributed by atoms with E-state index in [0.29, 0.717) is 5.92 Å². The molecule has 1 aromatic rings. The van der Waals surface area contributed by atoms with Gasteiger partial charge in [-0.15, -0.1) is 22.9 Å².